The SMILES string of the molecule is Cc1cc(Cl)ccc1NC(=O)CSc1ncnc2scc(-c3ccccc3)c12. The molecule has 1 amide bonds. The minimum absolute atomic E-state index is 0.0846. The van der Waals surface area contributed by atoms with Gasteiger partial charge in [-0.2, -0.15) is 0 Å². The van der Waals surface area contributed by atoms with Gasteiger partial charge in [-0.05, 0) is 36.2 Å². The summed E-state index contributed by atoms with van der Waals surface area (Å²) in [6.45, 7) is 1.92. The fourth-order valence-electron chi connectivity index (χ4n) is 2.87. The van der Waals surface area contributed by atoms with E-state index in [9.17, 15) is 4.79 Å². The van der Waals surface area contributed by atoms with Crippen molar-refractivity contribution < 1.29 is 4.79 Å². The van der Waals surface area contributed by atoms with Crippen molar-refractivity contribution in [3.8, 4) is 11.1 Å². The molecule has 2 heterocycles. The van der Waals surface area contributed by atoms with E-state index in [0.29, 0.717) is 5.02 Å². The van der Waals surface area contributed by atoms with Gasteiger partial charge >= 0.3 is 0 Å². The van der Waals surface area contributed by atoms with Gasteiger partial charge in [-0.15, -0.1) is 11.3 Å². The van der Waals surface area contributed by atoms with Crippen molar-refractivity contribution in [2.45, 2.75) is 11.9 Å². The Labute approximate surface area is 176 Å². The van der Waals surface area contributed by atoms with Gasteiger partial charge < -0.3 is 5.32 Å². The highest BCUT2D eigenvalue weighted by atomic mass is 35.5. The normalized spacial score (nSPS) is 10.9. The van der Waals surface area contributed by atoms with Gasteiger partial charge in [-0.3, -0.25) is 4.79 Å². The molecule has 0 radical (unpaired) electrons. The van der Waals surface area contributed by atoms with E-state index < -0.39 is 0 Å². The molecule has 0 saturated carbocycles. The van der Waals surface area contributed by atoms with Crippen LogP contribution in [0.3, 0.4) is 0 Å². The van der Waals surface area contributed by atoms with E-state index in [1.165, 1.54) is 11.8 Å². The number of amides is 1. The average Bonchev–Trinajstić information content (AvgIpc) is 3.14. The zero-order chi connectivity index (χ0) is 19.5. The third-order valence-electron chi connectivity index (χ3n) is 4.22. The van der Waals surface area contributed by atoms with Crippen LogP contribution in [-0.4, -0.2) is 21.6 Å². The van der Waals surface area contributed by atoms with Crippen LogP contribution in [0.4, 0.5) is 5.69 Å². The van der Waals surface area contributed by atoms with E-state index in [1.807, 2.05) is 37.3 Å². The lowest BCUT2D eigenvalue weighted by Gasteiger charge is -2.09. The predicted octanol–water partition coefficient (Wildman–Crippen LogP) is 6.05. The number of thiophene rings is 1. The van der Waals surface area contributed by atoms with Crippen LogP contribution in [0.2, 0.25) is 5.02 Å². The van der Waals surface area contributed by atoms with Gasteiger partial charge in [-0.1, -0.05) is 53.7 Å². The van der Waals surface area contributed by atoms with E-state index in [4.69, 9.17) is 11.6 Å². The van der Waals surface area contributed by atoms with Crippen LogP contribution < -0.4 is 5.32 Å². The summed E-state index contributed by atoms with van der Waals surface area (Å²) in [7, 11) is 0. The number of carbonyl (C=O) groups is 1. The second-order valence-corrected chi connectivity index (χ2v) is 8.43. The Morgan fingerprint density at radius 3 is 2.79 bits per heavy atom. The molecule has 0 bridgehead atoms. The maximum absolute atomic E-state index is 12.4. The summed E-state index contributed by atoms with van der Waals surface area (Å²) in [5, 5.41) is 7.49. The van der Waals surface area contributed by atoms with Crippen LogP contribution in [0.5, 0.6) is 0 Å². The first-order chi connectivity index (χ1) is 13.6. The molecule has 0 aliphatic carbocycles. The van der Waals surface area contributed by atoms with Crippen LogP contribution >= 0.6 is 34.7 Å². The minimum Gasteiger partial charge on any atom is -0.325 e. The quantitative estimate of drug-likeness (QED) is 0.312. The first-order valence-electron chi connectivity index (χ1n) is 8.58. The molecule has 4 nitrogen and oxygen atoms in total. The summed E-state index contributed by atoms with van der Waals surface area (Å²) in [4.78, 5) is 22.2. The Morgan fingerprint density at radius 1 is 1.18 bits per heavy atom. The number of aromatic nitrogens is 2. The van der Waals surface area contributed by atoms with E-state index >= 15 is 0 Å². The molecule has 2 aromatic carbocycles. The fraction of sp³-hybridized carbons (Fsp3) is 0.0952. The van der Waals surface area contributed by atoms with E-state index in [-0.39, 0.29) is 11.7 Å². The summed E-state index contributed by atoms with van der Waals surface area (Å²) >= 11 is 8.98. The highest BCUT2D eigenvalue weighted by molar-refractivity contribution is 8.00. The largest absolute Gasteiger partial charge is 0.325 e. The topological polar surface area (TPSA) is 54.9 Å². The lowest BCUT2D eigenvalue weighted by Crippen LogP contribution is -2.15. The van der Waals surface area contributed by atoms with E-state index in [1.54, 1.807) is 23.7 Å². The molecule has 0 aliphatic heterocycles. The number of nitrogens with zero attached hydrogens (tertiary/aromatic N) is 2. The number of carbonyl (C=O) groups excluding carboxylic acids is 1. The summed E-state index contributed by atoms with van der Waals surface area (Å²) in [6.07, 6.45) is 1.55. The summed E-state index contributed by atoms with van der Waals surface area (Å²) < 4.78 is 0. The third kappa shape index (κ3) is 4.04. The monoisotopic (exact) mass is 425 g/mol. The maximum Gasteiger partial charge on any atom is 0.234 e. The molecule has 4 rings (SSSR count). The van der Waals surface area contributed by atoms with Crippen LogP contribution in [0.15, 0.2) is 65.3 Å². The van der Waals surface area contributed by atoms with Crippen LogP contribution in [0, 0.1) is 6.92 Å². The maximum atomic E-state index is 12.4. The van der Waals surface area contributed by atoms with Gasteiger partial charge in [0.05, 0.1) is 11.1 Å². The lowest BCUT2D eigenvalue weighted by atomic mass is 10.1. The average molecular weight is 426 g/mol. The molecule has 0 unspecified atom stereocenters. The van der Waals surface area contributed by atoms with Crippen LogP contribution in [-0.2, 0) is 4.79 Å². The summed E-state index contributed by atoms with van der Waals surface area (Å²) in [5.74, 6) is 0.178. The van der Waals surface area contributed by atoms with Gasteiger partial charge in [0.15, 0.2) is 0 Å². The molecule has 2 aromatic heterocycles. The number of benzene rings is 2. The van der Waals surface area contributed by atoms with Gasteiger partial charge in [0, 0.05) is 21.7 Å². The van der Waals surface area contributed by atoms with Crippen molar-refractivity contribution in [2.75, 3.05) is 11.1 Å². The number of hydrogen-bond acceptors (Lipinski definition) is 5. The zero-order valence-corrected chi connectivity index (χ0v) is 17.4. The molecule has 1 N–H and O–H groups in total. The number of thioether (sulfide) groups is 1. The number of fused-ring (bicyclic) bond motifs is 1. The molecule has 0 saturated heterocycles. The highest BCUT2D eigenvalue weighted by Crippen LogP contribution is 2.37. The molecule has 4 aromatic rings. The number of rotatable bonds is 5. The number of anilines is 1. The molecule has 7 heteroatoms. The van der Waals surface area contributed by atoms with Crippen molar-refractivity contribution in [3.05, 3.63) is 70.8 Å². The zero-order valence-electron chi connectivity index (χ0n) is 15.0. The summed E-state index contributed by atoms with van der Waals surface area (Å²) in [6, 6.07) is 15.6. The van der Waals surface area contributed by atoms with E-state index in [2.05, 4.69) is 32.8 Å². The lowest BCUT2D eigenvalue weighted by molar-refractivity contribution is -0.113. The van der Waals surface area contributed by atoms with E-state index in [0.717, 1.165) is 37.6 Å². The molecule has 0 spiro atoms. The van der Waals surface area contributed by atoms with Crippen molar-refractivity contribution in [2.24, 2.45) is 0 Å². The third-order valence-corrected chi connectivity index (χ3v) is 6.33. The molecular weight excluding hydrogens is 410 g/mol. The van der Waals surface area contributed by atoms with Crippen molar-refractivity contribution in [1.82, 2.24) is 9.97 Å². The van der Waals surface area contributed by atoms with Crippen LogP contribution in [0.25, 0.3) is 21.3 Å². The summed E-state index contributed by atoms with van der Waals surface area (Å²) in [5.41, 5.74) is 3.91. The Balaban J connectivity index is 1.55. The van der Waals surface area contributed by atoms with Crippen molar-refractivity contribution >= 4 is 56.5 Å². The number of halogens is 1. The van der Waals surface area contributed by atoms with Crippen molar-refractivity contribution in [3.63, 3.8) is 0 Å². The second kappa shape index (κ2) is 8.31. The Morgan fingerprint density at radius 2 is 2.00 bits per heavy atom. The number of nitrogens with one attached hydrogen (secondary N) is 1. The molecule has 0 aliphatic rings. The standard InChI is InChI=1S/C21H16ClN3OS2/c1-13-9-15(22)7-8-17(13)25-18(26)11-28-21-19-16(14-5-3-2-4-6-14)10-27-20(19)23-12-24-21/h2-10,12H,11H2,1H3,(H,25,26). The fourth-order valence-corrected chi connectivity index (χ4v) is 4.89. The Hall–Kier alpha value is -2.41. The first-order valence-corrected chi connectivity index (χ1v) is 10.8. The van der Waals surface area contributed by atoms with Crippen LogP contribution in [0.1, 0.15) is 5.56 Å². The molecule has 0 atom stereocenters. The minimum atomic E-state index is -0.0846. The first kappa shape index (κ1) is 18.9. The molecule has 140 valence electrons. The predicted molar refractivity (Wildman–Crippen MR) is 118 cm³/mol. The molecule has 28 heavy (non-hydrogen) atoms. The molecular formula is C21H16ClN3OS2. The Bertz CT molecular complexity index is 1150. The molecule has 0 fully saturated rings. The van der Waals surface area contributed by atoms with Gasteiger partial charge in [0.25, 0.3) is 0 Å². The van der Waals surface area contributed by atoms with Gasteiger partial charge in [-0.25, -0.2) is 9.97 Å². The number of aryl methyl sites for hydroxylation is 1. The smallest absolute Gasteiger partial charge is 0.234 e. The highest BCUT2D eigenvalue weighted by Gasteiger charge is 2.15. The van der Waals surface area contributed by atoms with Gasteiger partial charge in [0.2, 0.25) is 5.91 Å². The second-order valence-electron chi connectivity index (χ2n) is 6.17. The van der Waals surface area contributed by atoms with Gasteiger partial charge in [0.1, 0.15) is 16.2 Å². The van der Waals surface area contributed by atoms with Crippen molar-refractivity contribution in [1.29, 1.82) is 0 Å². The Kier molecular flexibility index (Phi) is 5.62. The number of hydrogen-bond donors (Lipinski definition) is 1.